The maximum atomic E-state index is 12.5. The molecule has 1 amide bonds. The van der Waals surface area contributed by atoms with Crippen LogP contribution < -0.4 is 5.73 Å². The van der Waals surface area contributed by atoms with Gasteiger partial charge in [0.15, 0.2) is 0 Å². The van der Waals surface area contributed by atoms with Gasteiger partial charge in [-0.3, -0.25) is 14.4 Å². The summed E-state index contributed by atoms with van der Waals surface area (Å²) in [4.78, 5) is 16.7. The van der Waals surface area contributed by atoms with Crippen molar-refractivity contribution in [3.8, 4) is 0 Å². The van der Waals surface area contributed by atoms with Gasteiger partial charge in [0.1, 0.15) is 5.69 Å². The zero-order valence-corrected chi connectivity index (χ0v) is 12.0. The summed E-state index contributed by atoms with van der Waals surface area (Å²) in [5.74, 6) is -0.00726. The van der Waals surface area contributed by atoms with Crippen LogP contribution in [0.5, 0.6) is 0 Å². The lowest BCUT2D eigenvalue weighted by molar-refractivity contribution is 0.0768. The highest BCUT2D eigenvalue weighted by Crippen LogP contribution is 2.20. The molecule has 0 saturated carbocycles. The molecular weight excluding hydrogens is 242 g/mol. The molecule has 1 aromatic heterocycles. The molecule has 1 fully saturated rings. The smallest absolute Gasteiger partial charge is 0.274 e. The maximum absolute atomic E-state index is 12.5. The highest BCUT2D eigenvalue weighted by atomic mass is 16.2. The van der Waals surface area contributed by atoms with Crippen LogP contribution in [-0.2, 0) is 7.05 Å². The van der Waals surface area contributed by atoms with Crippen molar-refractivity contribution >= 4 is 11.6 Å². The number of anilines is 1. The van der Waals surface area contributed by atoms with E-state index in [1.54, 1.807) is 11.7 Å². The van der Waals surface area contributed by atoms with Crippen LogP contribution in [-0.4, -0.2) is 57.7 Å². The van der Waals surface area contributed by atoms with Crippen LogP contribution in [0.1, 0.15) is 30.8 Å². The number of nitrogens with zero attached hydrogens (tertiary/aromatic N) is 4. The topological polar surface area (TPSA) is 67.4 Å². The molecule has 2 N–H and O–H groups in total. The largest absolute Gasteiger partial charge is 0.396 e. The molecular formula is C13H23N5O. The third-order valence-corrected chi connectivity index (χ3v) is 3.95. The van der Waals surface area contributed by atoms with E-state index >= 15 is 0 Å². The Hall–Kier alpha value is -1.56. The number of nitrogen functional groups attached to an aromatic ring is 1. The number of likely N-dealkylation sites (tertiary alicyclic amines) is 1. The number of rotatable bonds is 4. The molecule has 1 atom stereocenters. The summed E-state index contributed by atoms with van der Waals surface area (Å²) in [7, 11) is 1.75. The Morgan fingerprint density at radius 1 is 1.53 bits per heavy atom. The molecule has 0 aliphatic carbocycles. The van der Waals surface area contributed by atoms with Crippen LogP contribution in [0.4, 0.5) is 5.69 Å². The fraction of sp³-hybridized carbons (Fsp3) is 0.692. The number of carbonyl (C=O) groups excluding carboxylic acids is 1. The van der Waals surface area contributed by atoms with Gasteiger partial charge in [-0.05, 0) is 19.5 Å². The average Bonchev–Trinajstić information content (AvgIpc) is 2.99. The summed E-state index contributed by atoms with van der Waals surface area (Å²) in [5, 5.41) is 4.03. The van der Waals surface area contributed by atoms with E-state index in [0.717, 1.165) is 32.6 Å². The molecule has 0 radical (unpaired) electrons. The molecule has 1 aliphatic heterocycles. The van der Waals surface area contributed by atoms with Crippen molar-refractivity contribution < 1.29 is 4.79 Å². The van der Waals surface area contributed by atoms with Crippen LogP contribution in [0, 0.1) is 0 Å². The fourth-order valence-electron chi connectivity index (χ4n) is 2.83. The number of hydrogen-bond acceptors (Lipinski definition) is 4. The minimum absolute atomic E-state index is 0.00726. The summed E-state index contributed by atoms with van der Waals surface area (Å²) in [6.07, 6.45) is 2.57. The first kappa shape index (κ1) is 13.9. The summed E-state index contributed by atoms with van der Waals surface area (Å²) >= 11 is 0. The molecule has 1 aromatic rings. The van der Waals surface area contributed by atoms with E-state index in [1.807, 2.05) is 4.90 Å². The molecule has 1 aliphatic rings. The van der Waals surface area contributed by atoms with E-state index in [9.17, 15) is 4.79 Å². The normalized spacial score (nSPS) is 19.4. The first-order valence-corrected chi connectivity index (χ1v) is 6.89. The molecule has 106 valence electrons. The number of aromatic nitrogens is 2. The lowest BCUT2D eigenvalue weighted by Crippen LogP contribution is -2.39. The Morgan fingerprint density at radius 2 is 2.21 bits per heavy atom. The molecule has 6 heteroatoms. The highest BCUT2D eigenvalue weighted by Gasteiger charge is 2.31. The molecule has 2 rings (SSSR count). The summed E-state index contributed by atoms with van der Waals surface area (Å²) in [6, 6.07) is 0.466. The lowest BCUT2D eigenvalue weighted by atomic mass is 10.2. The van der Waals surface area contributed by atoms with Crippen molar-refractivity contribution in [2.75, 3.05) is 31.9 Å². The standard InChI is InChI=1S/C13H23N5O/c1-4-17(5-2)10-6-7-18(9-10)13(19)12-11(14)8-15-16(12)3/h8,10H,4-7,9,14H2,1-3H3. The van der Waals surface area contributed by atoms with Crippen LogP contribution in [0.25, 0.3) is 0 Å². The molecule has 0 aromatic carbocycles. The third-order valence-electron chi connectivity index (χ3n) is 3.95. The number of hydrogen-bond donors (Lipinski definition) is 1. The SMILES string of the molecule is CCN(CC)C1CCN(C(=O)c2c(N)cnn2C)C1. The number of likely N-dealkylation sites (N-methyl/N-ethyl adjacent to an activating group) is 1. The third kappa shape index (κ3) is 2.58. The van der Waals surface area contributed by atoms with Crippen molar-refractivity contribution in [1.82, 2.24) is 19.6 Å². The Labute approximate surface area is 114 Å². The van der Waals surface area contributed by atoms with E-state index in [2.05, 4.69) is 23.8 Å². The number of carbonyl (C=O) groups is 1. The van der Waals surface area contributed by atoms with Gasteiger partial charge in [-0.25, -0.2) is 0 Å². The quantitative estimate of drug-likeness (QED) is 0.863. The van der Waals surface area contributed by atoms with Crippen LogP contribution >= 0.6 is 0 Å². The molecule has 0 bridgehead atoms. The zero-order valence-electron chi connectivity index (χ0n) is 12.0. The lowest BCUT2D eigenvalue weighted by Gasteiger charge is -2.26. The molecule has 1 saturated heterocycles. The number of aryl methyl sites for hydroxylation is 1. The highest BCUT2D eigenvalue weighted by molar-refractivity contribution is 5.97. The van der Waals surface area contributed by atoms with Gasteiger partial charge in [-0.2, -0.15) is 5.10 Å². The van der Waals surface area contributed by atoms with Gasteiger partial charge in [0.25, 0.3) is 5.91 Å². The Balaban J connectivity index is 2.07. The minimum Gasteiger partial charge on any atom is -0.396 e. The second-order valence-corrected chi connectivity index (χ2v) is 4.99. The minimum atomic E-state index is -0.00726. The van der Waals surface area contributed by atoms with Gasteiger partial charge in [0, 0.05) is 26.2 Å². The average molecular weight is 265 g/mol. The van der Waals surface area contributed by atoms with Crippen molar-refractivity contribution in [1.29, 1.82) is 0 Å². The molecule has 6 nitrogen and oxygen atoms in total. The summed E-state index contributed by atoms with van der Waals surface area (Å²) < 4.78 is 1.56. The second kappa shape index (κ2) is 5.61. The Morgan fingerprint density at radius 3 is 2.74 bits per heavy atom. The summed E-state index contributed by atoms with van der Waals surface area (Å²) in [6.45, 7) is 7.95. The van der Waals surface area contributed by atoms with E-state index in [1.165, 1.54) is 6.20 Å². The Kier molecular flexibility index (Phi) is 4.09. The van der Waals surface area contributed by atoms with E-state index < -0.39 is 0 Å². The zero-order chi connectivity index (χ0) is 14.0. The predicted molar refractivity (Wildman–Crippen MR) is 74.8 cm³/mol. The predicted octanol–water partition coefficient (Wildman–Crippen LogP) is 0.559. The Bertz CT molecular complexity index is 432. The van der Waals surface area contributed by atoms with Gasteiger partial charge in [0.05, 0.1) is 11.9 Å². The van der Waals surface area contributed by atoms with E-state index in [4.69, 9.17) is 5.73 Å². The van der Waals surface area contributed by atoms with Crippen LogP contribution in [0.2, 0.25) is 0 Å². The van der Waals surface area contributed by atoms with Gasteiger partial charge in [-0.15, -0.1) is 0 Å². The van der Waals surface area contributed by atoms with Gasteiger partial charge in [-0.1, -0.05) is 13.8 Å². The number of nitrogens with two attached hydrogens (primary N) is 1. The first-order chi connectivity index (χ1) is 9.08. The van der Waals surface area contributed by atoms with Crippen molar-refractivity contribution in [3.05, 3.63) is 11.9 Å². The van der Waals surface area contributed by atoms with Crippen molar-refractivity contribution in [3.63, 3.8) is 0 Å². The second-order valence-electron chi connectivity index (χ2n) is 4.99. The van der Waals surface area contributed by atoms with Crippen molar-refractivity contribution in [2.45, 2.75) is 26.3 Å². The van der Waals surface area contributed by atoms with Crippen LogP contribution in [0.15, 0.2) is 6.20 Å². The number of amides is 1. The van der Waals surface area contributed by atoms with Crippen molar-refractivity contribution in [2.24, 2.45) is 7.05 Å². The maximum Gasteiger partial charge on any atom is 0.274 e. The van der Waals surface area contributed by atoms with E-state index in [-0.39, 0.29) is 5.91 Å². The van der Waals surface area contributed by atoms with Gasteiger partial charge in [0.2, 0.25) is 0 Å². The monoisotopic (exact) mass is 265 g/mol. The molecule has 0 spiro atoms. The first-order valence-electron chi connectivity index (χ1n) is 6.89. The van der Waals surface area contributed by atoms with Gasteiger partial charge >= 0.3 is 0 Å². The summed E-state index contributed by atoms with van der Waals surface area (Å²) in [5.41, 5.74) is 6.77. The molecule has 19 heavy (non-hydrogen) atoms. The van der Waals surface area contributed by atoms with E-state index in [0.29, 0.717) is 17.4 Å². The van der Waals surface area contributed by atoms with Crippen LogP contribution in [0.3, 0.4) is 0 Å². The fourth-order valence-corrected chi connectivity index (χ4v) is 2.83. The van der Waals surface area contributed by atoms with Gasteiger partial charge < -0.3 is 10.6 Å². The molecule has 1 unspecified atom stereocenters. The molecule has 2 heterocycles.